The van der Waals surface area contributed by atoms with Gasteiger partial charge in [-0.2, -0.15) is 40.4 Å². The Bertz CT molecular complexity index is 1040. The van der Waals surface area contributed by atoms with E-state index in [1.165, 1.54) is 13.0 Å². The van der Waals surface area contributed by atoms with Crippen molar-refractivity contribution in [1.82, 2.24) is 0 Å². The number of hydrogen-bond acceptors (Lipinski definition) is 4. The first-order chi connectivity index (χ1) is 18.9. The molecule has 0 saturated heterocycles. The van der Waals surface area contributed by atoms with E-state index in [1.807, 2.05) is 0 Å². The lowest BCUT2D eigenvalue weighted by Crippen LogP contribution is -2.40. The Morgan fingerprint density at radius 2 is 1.37 bits per heavy atom. The highest BCUT2D eigenvalue weighted by Crippen LogP contribution is 2.39. The van der Waals surface area contributed by atoms with Crippen LogP contribution in [0.3, 0.4) is 0 Å². The molecule has 0 fully saturated rings. The lowest BCUT2D eigenvalue weighted by atomic mass is 9.96. The summed E-state index contributed by atoms with van der Waals surface area (Å²) in [6.07, 6.45) is -5.03. The number of unbranched alkanes of at least 4 members (excludes halogenated alkanes) is 8. The number of anilines is 1. The minimum absolute atomic E-state index is 0.103. The second-order valence-corrected chi connectivity index (χ2v) is 11.9. The number of nitriles is 1. The molecule has 2 N–H and O–H groups in total. The summed E-state index contributed by atoms with van der Waals surface area (Å²) >= 11 is 0. The van der Waals surface area contributed by atoms with Gasteiger partial charge in [0, 0.05) is 34.4 Å². The maximum atomic E-state index is 13.1. The van der Waals surface area contributed by atoms with Crippen LogP contribution in [-0.4, -0.2) is 44.4 Å². The van der Waals surface area contributed by atoms with Crippen LogP contribution in [0.2, 0.25) is 0 Å². The fraction of sp³-hybridized carbons (Fsp3) is 0.704. The smallest absolute Gasteiger partial charge is 0.380 e. The zero-order valence-corrected chi connectivity index (χ0v) is 23.6. The summed E-state index contributed by atoms with van der Waals surface area (Å²) in [5, 5.41) is 21.6. The van der Waals surface area contributed by atoms with Crippen molar-refractivity contribution in [3.8, 4) is 6.07 Å². The van der Waals surface area contributed by atoms with Gasteiger partial charge in [-0.3, -0.25) is 9.00 Å². The molecular weight excluding hydrogens is 584 g/mol. The molecule has 1 amide bonds. The Balaban J connectivity index is 2.17. The van der Waals surface area contributed by atoms with Crippen molar-refractivity contribution >= 4 is 22.4 Å². The number of alkyl halides is 8. The molecule has 0 spiro atoms. The highest BCUT2D eigenvalue weighted by Gasteiger charge is 2.56. The Kier molecular flexibility index (Phi) is 14.7. The van der Waals surface area contributed by atoms with Crippen molar-refractivity contribution in [1.29, 1.82) is 5.26 Å². The second-order valence-electron chi connectivity index (χ2n) is 10.2. The quantitative estimate of drug-likeness (QED) is 0.129. The molecule has 1 aromatic carbocycles. The number of rotatable bonds is 18. The highest BCUT2D eigenvalue weighted by molar-refractivity contribution is 7.84. The van der Waals surface area contributed by atoms with E-state index < -0.39 is 64.6 Å². The van der Waals surface area contributed by atoms with Gasteiger partial charge in [0.15, 0.2) is 0 Å². The topological polar surface area (TPSA) is 90.2 Å². The number of nitrogens with zero attached hydrogens (tertiary/aromatic N) is 1. The van der Waals surface area contributed by atoms with Crippen molar-refractivity contribution in [2.45, 2.75) is 108 Å². The number of benzene rings is 1. The maximum absolute atomic E-state index is 13.1. The average molecular weight is 621 g/mol. The van der Waals surface area contributed by atoms with E-state index in [2.05, 4.69) is 5.32 Å². The van der Waals surface area contributed by atoms with Gasteiger partial charge in [0.2, 0.25) is 0 Å². The molecule has 0 aliphatic heterocycles. The normalized spacial score (nSPS) is 14.8. The van der Waals surface area contributed by atoms with Crippen LogP contribution in [0.5, 0.6) is 0 Å². The van der Waals surface area contributed by atoms with Crippen LogP contribution >= 0.6 is 0 Å². The Morgan fingerprint density at radius 3 is 1.88 bits per heavy atom. The molecule has 5 nitrogen and oxygen atoms in total. The molecule has 0 radical (unpaired) electrons. The molecular formula is C27H36F8N2O3S. The van der Waals surface area contributed by atoms with Gasteiger partial charge in [-0.1, -0.05) is 51.4 Å². The number of amides is 1. The summed E-state index contributed by atoms with van der Waals surface area (Å²) in [5.41, 5.74) is -3.74. The van der Waals surface area contributed by atoms with Crippen molar-refractivity contribution in [2.75, 3.05) is 16.8 Å². The Hall–Kier alpha value is -2.27. The van der Waals surface area contributed by atoms with Crippen LogP contribution in [0.25, 0.3) is 0 Å². The van der Waals surface area contributed by atoms with Gasteiger partial charge in [0.25, 0.3) is 5.91 Å². The first kappa shape index (κ1) is 36.8. The monoisotopic (exact) mass is 620 g/mol. The lowest BCUT2D eigenvalue weighted by molar-refractivity contribution is -0.284. The summed E-state index contributed by atoms with van der Waals surface area (Å²) in [6, 6.07) is 4.21. The predicted octanol–water partition coefficient (Wildman–Crippen LogP) is 7.89. The van der Waals surface area contributed by atoms with E-state index in [4.69, 9.17) is 5.26 Å². The summed E-state index contributed by atoms with van der Waals surface area (Å²) in [4.78, 5) is 12.4. The molecule has 1 rings (SSSR count). The number of aliphatic hydroxyl groups is 1. The molecule has 1 aromatic rings. The molecule has 234 valence electrons. The second kappa shape index (κ2) is 16.4. The zero-order chi connectivity index (χ0) is 31.3. The molecule has 14 heteroatoms. The molecule has 0 aromatic heterocycles. The molecule has 0 aliphatic carbocycles. The standard InChI is InChI=1S/C27H36F8N2O3S/c1-24(39,23(38)37-21-13-12-20(19-36)22(18-21)26(30,31)32)14-9-7-5-3-2-4-6-8-10-16-41(40)17-11-15-25(28,29)27(33,34)35/h12-13,18,39H,2-11,14-17H2,1H3,(H,37,38)/t24-,41?/m0/s1. The average Bonchev–Trinajstić information content (AvgIpc) is 2.85. The first-order valence-corrected chi connectivity index (χ1v) is 14.8. The van der Waals surface area contributed by atoms with Crippen LogP contribution in [-0.2, 0) is 21.8 Å². The third-order valence-electron chi connectivity index (χ3n) is 6.51. The van der Waals surface area contributed by atoms with E-state index in [9.17, 15) is 49.2 Å². The fourth-order valence-corrected chi connectivity index (χ4v) is 5.20. The largest absolute Gasteiger partial charge is 0.453 e. The molecule has 0 aliphatic rings. The number of carbonyl (C=O) groups excluding carboxylic acids is 1. The van der Waals surface area contributed by atoms with E-state index >= 15 is 0 Å². The maximum Gasteiger partial charge on any atom is 0.453 e. The van der Waals surface area contributed by atoms with Gasteiger partial charge in [-0.15, -0.1) is 0 Å². The van der Waals surface area contributed by atoms with Gasteiger partial charge in [-0.25, -0.2) is 0 Å². The third kappa shape index (κ3) is 13.5. The van der Waals surface area contributed by atoms with E-state index in [1.54, 1.807) is 0 Å². The summed E-state index contributed by atoms with van der Waals surface area (Å²) in [5.74, 6) is -5.53. The van der Waals surface area contributed by atoms with Gasteiger partial charge >= 0.3 is 18.3 Å². The zero-order valence-electron chi connectivity index (χ0n) is 22.8. The molecule has 2 atom stereocenters. The van der Waals surface area contributed by atoms with Gasteiger partial charge in [-0.05, 0) is 44.4 Å². The lowest BCUT2D eigenvalue weighted by Gasteiger charge is -2.22. The molecule has 0 saturated carbocycles. The fourth-order valence-electron chi connectivity index (χ4n) is 4.00. The Labute approximate surface area is 237 Å². The van der Waals surface area contributed by atoms with E-state index in [0.717, 1.165) is 57.1 Å². The van der Waals surface area contributed by atoms with E-state index in [0.29, 0.717) is 18.9 Å². The van der Waals surface area contributed by atoms with Gasteiger partial charge < -0.3 is 10.4 Å². The van der Waals surface area contributed by atoms with Crippen molar-refractivity contribution in [2.24, 2.45) is 0 Å². The van der Waals surface area contributed by atoms with Crippen LogP contribution in [0.1, 0.15) is 95.1 Å². The number of nitrogens with one attached hydrogen (secondary N) is 1. The minimum Gasteiger partial charge on any atom is -0.380 e. The predicted molar refractivity (Wildman–Crippen MR) is 140 cm³/mol. The Morgan fingerprint density at radius 1 is 0.854 bits per heavy atom. The van der Waals surface area contributed by atoms with Crippen molar-refractivity contribution in [3.63, 3.8) is 0 Å². The number of hydrogen-bond donors (Lipinski definition) is 2. The molecule has 41 heavy (non-hydrogen) atoms. The molecule has 0 bridgehead atoms. The molecule has 0 heterocycles. The summed E-state index contributed by atoms with van der Waals surface area (Å²) < 4.78 is 113. The van der Waals surface area contributed by atoms with Crippen LogP contribution < -0.4 is 5.32 Å². The molecule has 1 unspecified atom stereocenters. The summed E-state index contributed by atoms with van der Waals surface area (Å²) in [7, 11) is -1.43. The summed E-state index contributed by atoms with van der Waals surface area (Å²) in [6.45, 7) is 1.28. The number of carbonyl (C=O) groups is 1. The number of halogens is 8. The van der Waals surface area contributed by atoms with Crippen LogP contribution in [0.4, 0.5) is 40.8 Å². The minimum atomic E-state index is -5.59. The first-order valence-electron chi connectivity index (χ1n) is 13.4. The highest BCUT2D eigenvalue weighted by atomic mass is 32.2. The van der Waals surface area contributed by atoms with Gasteiger partial charge in [0.1, 0.15) is 5.60 Å². The van der Waals surface area contributed by atoms with Crippen LogP contribution in [0.15, 0.2) is 18.2 Å². The SMILES string of the molecule is C[C@](O)(CCCCCCCCCCCS(=O)CCCC(F)(F)C(F)(F)F)C(=O)Nc1ccc(C#N)c(C(F)(F)F)c1. The van der Waals surface area contributed by atoms with Crippen LogP contribution in [0, 0.1) is 11.3 Å². The van der Waals surface area contributed by atoms with Crippen molar-refractivity contribution < 1.29 is 49.2 Å². The van der Waals surface area contributed by atoms with E-state index in [-0.39, 0.29) is 23.6 Å². The third-order valence-corrected chi connectivity index (χ3v) is 7.99. The van der Waals surface area contributed by atoms with Crippen molar-refractivity contribution in [3.05, 3.63) is 29.3 Å². The van der Waals surface area contributed by atoms with Gasteiger partial charge in [0.05, 0.1) is 17.2 Å².